The minimum absolute atomic E-state index is 0.00951. The van der Waals surface area contributed by atoms with Crippen LogP contribution in [0, 0.1) is 63.1 Å². The first-order valence-corrected chi connectivity index (χ1v) is 18.3. The summed E-state index contributed by atoms with van der Waals surface area (Å²) in [4.78, 5) is 23.1. The van der Waals surface area contributed by atoms with E-state index in [0.717, 1.165) is 19.4 Å². The third-order valence-electron chi connectivity index (χ3n) is 16.0. The predicted molar refractivity (Wildman–Crippen MR) is 183 cm³/mol. The molecule has 0 radical (unpaired) electrons. The van der Waals surface area contributed by atoms with E-state index in [1.54, 1.807) is 12.1 Å². The smallest absolute Gasteiger partial charge is 0.335 e. The number of rotatable bonds is 7. The van der Waals surface area contributed by atoms with Crippen molar-refractivity contribution in [1.29, 1.82) is 0 Å². The molecule has 6 aliphatic rings. The lowest BCUT2D eigenvalue weighted by Gasteiger charge is -2.72. The van der Waals surface area contributed by atoms with Gasteiger partial charge in [-0.1, -0.05) is 65.0 Å². The molecule has 0 aliphatic heterocycles. The van der Waals surface area contributed by atoms with E-state index >= 15 is 0 Å². The van der Waals surface area contributed by atoms with Gasteiger partial charge in [0.05, 0.1) is 11.5 Å². The maximum atomic E-state index is 11.6. The van der Waals surface area contributed by atoms with Crippen LogP contribution in [-0.2, 0) is 4.79 Å². The number of fused-ring (bicyclic) bond motifs is 7. The van der Waals surface area contributed by atoms with Crippen molar-refractivity contribution >= 4 is 17.5 Å². The number of hydrogen-bond acceptors (Lipinski definition) is 3. The number of nitrogens with one attached hydrogen (secondary N) is 1. The number of carboxylic acids is 2. The van der Waals surface area contributed by atoms with Crippen molar-refractivity contribution in [1.82, 2.24) is 5.32 Å². The monoisotopic (exact) mass is 627 g/mol. The summed E-state index contributed by atoms with van der Waals surface area (Å²) in [5.41, 5.74) is 5.14. The van der Waals surface area contributed by atoms with Crippen LogP contribution < -0.4 is 5.32 Å². The molecule has 0 aromatic heterocycles. The molecule has 3 N–H and O–H groups in total. The number of aliphatic carboxylic acids is 1. The quantitative estimate of drug-likeness (QED) is 0.263. The fourth-order valence-electron chi connectivity index (χ4n) is 13.5. The Balaban J connectivity index is 1.19. The molecule has 0 bridgehead atoms. The Morgan fingerprint density at radius 2 is 1.59 bits per heavy atom. The zero-order valence-electron chi connectivity index (χ0n) is 29.1. The average molecular weight is 628 g/mol. The van der Waals surface area contributed by atoms with E-state index in [2.05, 4.69) is 59.5 Å². The Labute approximate surface area is 276 Å². The molecule has 250 valence electrons. The van der Waals surface area contributed by atoms with Gasteiger partial charge in [-0.3, -0.25) is 4.79 Å². The molecule has 46 heavy (non-hydrogen) atoms. The first-order chi connectivity index (χ1) is 21.6. The fraction of sp³-hybridized carbons (Fsp3) is 0.707. The van der Waals surface area contributed by atoms with Gasteiger partial charge in [0.2, 0.25) is 0 Å². The number of aromatic carboxylic acids is 1. The lowest BCUT2D eigenvalue weighted by atomic mass is 9.33. The van der Waals surface area contributed by atoms with Crippen LogP contribution in [0.5, 0.6) is 0 Å². The van der Waals surface area contributed by atoms with Gasteiger partial charge in [-0.15, -0.1) is 0 Å². The van der Waals surface area contributed by atoms with Crippen LogP contribution in [0.15, 0.2) is 42.5 Å². The highest BCUT2D eigenvalue weighted by Gasteiger charge is 2.70. The molecule has 1 aromatic carbocycles. The van der Waals surface area contributed by atoms with Gasteiger partial charge in [0.25, 0.3) is 0 Å². The van der Waals surface area contributed by atoms with E-state index in [9.17, 15) is 19.8 Å². The summed E-state index contributed by atoms with van der Waals surface area (Å²) in [6.07, 6.45) is 14.4. The van der Waals surface area contributed by atoms with E-state index in [1.165, 1.54) is 68.1 Å². The molecular weight excluding hydrogens is 570 g/mol. The van der Waals surface area contributed by atoms with Crippen molar-refractivity contribution in [3.8, 4) is 0 Å². The number of allylic oxidation sites excluding steroid dienone is 3. The summed E-state index contributed by atoms with van der Waals surface area (Å²) in [5.74, 6) is 1.67. The molecule has 0 spiro atoms. The highest BCUT2D eigenvalue weighted by molar-refractivity contribution is 5.88. The average Bonchev–Trinajstić information content (AvgIpc) is 3.68. The number of hydrogen-bond donors (Lipinski definition) is 3. The molecule has 7 rings (SSSR count). The maximum absolute atomic E-state index is 11.6. The van der Waals surface area contributed by atoms with Gasteiger partial charge in [0.1, 0.15) is 0 Å². The Bertz CT molecular complexity index is 1480. The zero-order valence-corrected chi connectivity index (χ0v) is 29.1. The maximum Gasteiger partial charge on any atom is 0.335 e. The molecule has 0 saturated heterocycles. The Morgan fingerprint density at radius 1 is 0.870 bits per heavy atom. The molecule has 1 aromatic rings. The molecule has 0 heterocycles. The van der Waals surface area contributed by atoms with E-state index < -0.39 is 11.9 Å². The molecular formula is C41H57NO4. The molecule has 11 atom stereocenters. The van der Waals surface area contributed by atoms with Crippen molar-refractivity contribution in [2.75, 3.05) is 6.54 Å². The van der Waals surface area contributed by atoms with Crippen molar-refractivity contribution < 1.29 is 19.8 Å². The molecule has 6 aliphatic carbocycles. The van der Waals surface area contributed by atoms with Gasteiger partial charge in [-0.05, 0) is 158 Å². The molecule has 5 saturated carbocycles. The summed E-state index contributed by atoms with van der Waals surface area (Å²) in [7, 11) is 0. The first-order valence-electron chi connectivity index (χ1n) is 18.3. The summed E-state index contributed by atoms with van der Waals surface area (Å²) < 4.78 is 0. The van der Waals surface area contributed by atoms with Gasteiger partial charge in [0.15, 0.2) is 0 Å². The van der Waals surface area contributed by atoms with Crippen molar-refractivity contribution in [2.45, 2.75) is 111 Å². The normalized spacial score (nSPS) is 45.3. The highest BCUT2D eigenvalue weighted by Crippen LogP contribution is 2.76. The minimum Gasteiger partial charge on any atom is -0.481 e. The Morgan fingerprint density at radius 3 is 2.22 bits per heavy atom. The van der Waals surface area contributed by atoms with E-state index in [0.29, 0.717) is 35.2 Å². The molecule has 5 nitrogen and oxygen atoms in total. The molecule has 5 heteroatoms. The predicted octanol–water partition coefficient (Wildman–Crippen LogP) is 9.10. The third kappa shape index (κ3) is 4.42. The van der Waals surface area contributed by atoms with Gasteiger partial charge >= 0.3 is 11.9 Å². The van der Waals surface area contributed by atoms with Gasteiger partial charge < -0.3 is 15.5 Å². The second kappa shape index (κ2) is 10.5. The van der Waals surface area contributed by atoms with Crippen LogP contribution >= 0.6 is 0 Å². The number of carboxylic acid groups (broad SMARTS) is 2. The molecule has 5 fully saturated rings. The summed E-state index contributed by atoms with van der Waals surface area (Å²) in [6.45, 7) is 20.6. The van der Waals surface area contributed by atoms with Crippen molar-refractivity contribution in [3.63, 3.8) is 0 Å². The lowest BCUT2D eigenvalue weighted by Crippen LogP contribution is -2.68. The second-order valence-electron chi connectivity index (χ2n) is 18.1. The van der Waals surface area contributed by atoms with Crippen LogP contribution in [0.4, 0.5) is 0 Å². The Hall–Kier alpha value is -2.40. The number of benzene rings is 1. The topological polar surface area (TPSA) is 86.6 Å². The van der Waals surface area contributed by atoms with Gasteiger partial charge in [0, 0.05) is 5.54 Å². The van der Waals surface area contributed by atoms with Crippen molar-refractivity contribution in [3.05, 3.63) is 53.6 Å². The SMILES string of the molecule is C=C(C)C1CCC2(NCC3CC3C(=O)O)CCC3(C)C(CCC4C5(C)CC=C(c6ccc(C(=O)O)cc6)C(C)(C)C5CCC43C)C12. The van der Waals surface area contributed by atoms with Gasteiger partial charge in [-0.25, -0.2) is 4.79 Å². The second-order valence-corrected chi connectivity index (χ2v) is 18.1. The summed E-state index contributed by atoms with van der Waals surface area (Å²) in [6, 6.07) is 7.56. The van der Waals surface area contributed by atoms with E-state index in [-0.39, 0.29) is 39.0 Å². The van der Waals surface area contributed by atoms with E-state index in [1.807, 2.05) is 12.1 Å². The van der Waals surface area contributed by atoms with Crippen LogP contribution in [0.2, 0.25) is 0 Å². The standard InChI is InChI=1S/C41H57NO4/c1-24(2)28-14-19-41(42-23-27-22-29(27)36(45)46)21-20-39(6)31(34(28)41)12-13-33-38(5)17-15-30(25-8-10-26(11-9-25)35(43)44)37(3,4)32(38)16-18-40(33,39)7/h8-11,15,27-29,31-34,42H,1,12-14,16-23H2,2-7H3,(H,43,44)(H,45,46). The van der Waals surface area contributed by atoms with Gasteiger partial charge in [-0.2, -0.15) is 0 Å². The third-order valence-corrected chi connectivity index (χ3v) is 16.0. The summed E-state index contributed by atoms with van der Waals surface area (Å²) in [5, 5.41) is 23.1. The van der Waals surface area contributed by atoms with E-state index in [4.69, 9.17) is 0 Å². The van der Waals surface area contributed by atoms with Crippen molar-refractivity contribution in [2.24, 2.45) is 63.1 Å². The van der Waals surface area contributed by atoms with Crippen LogP contribution in [0.1, 0.15) is 122 Å². The first kappa shape index (κ1) is 32.2. The largest absolute Gasteiger partial charge is 0.481 e. The van der Waals surface area contributed by atoms with Crippen LogP contribution in [-0.4, -0.2) is 34.2 Å². The minimum atomic E-state index is -0.871. The fourth-order valence-corrected chi connectivity index (χ4v) is 13.5. The molecule has 11 unspecified atom stereocenters. The zero-order chi connectivity index (χ0) is 33.0. The lowest BCUT2D eigenvalue weighted by molar-refractivity contribution is -0.219. The highest BCUT2D eigenvalue weighted by atomic mass is 16.4. The van der Waals surface area contributed by atoms with Crippen LogP contribution in [0.3, 0.4) is 0 Å². The van der Waals surface area contributed by atoms with Crippen LogP contribution in [0.25, 0.3) is 5.57 Å². The molecule has 0 amide bonds. The number of carbonyl (C=O) groups is 2. The Kier molecular flexibility index (Phi) is 7.38. The summed E-state index contributed by atoms with van der Waals surface area (Å²) >= 11 is 0.